The number of hydrogen-bond acceptors (Lipinski definition) is 6. The average Bonchev–Trinajstić information content (AvgIpc) is 2.35. The Labute approximate surface area is 147 Å². The first kappa shape index (κ1) is 30.3. The van der Waals surface area contributed by atoms with Crippen LogP contribution in [0.2, 0.25) is 0 Å². The summed E-state index contributed by atoms with van der Waals surface area (Å²) in [6.07, 6.45) is 1.56. The lowest BCUT2D eigenvalue weighted by atomic mass is 10.3. The van der Waals surface area contributed by atoms with Crippen molar-refractivity contribution < 1.29 is 44.1 Å². The Morgan fingerprint density at radius 1 is 0.520 bits per heavy atom. The molecule has 0 radical (unpaired) electrons. The summed E-state index contributed by atoms with van der Waals surface area (Å²) in [5.74, 6) is -4.12. The second-order valence-electron chi connectivity index (χ2n) is 4.82. The van der Waals surface area contributed by atoms with Crippen molar-refractivity contribution in [3.63, 3.8) is 0 Å². The summed E-state index contributed by atoms with van der Waals surface area (Å²) in [6.45, 7) is 8.09. The molecule has 0 spiro atoms. The number of carbonyl (C=O) groups excluding carboxylic acids is 3. The summed E-state index contributed by atoms with van der Waals surface area (Å²) < 4.78 is 0. The molecule has 3 N–H and O–H groups in total. The molecule has 0 aromatic carbocycles. The Morgan fingerprint density at radius 2 is 0.680 bits per heavy atom. The summed E-state index contributed by atoms with van der Waals surface area (Å²) >= 11 is 0. The maximum Gasteiger partial charge on any atom is 0.310 e. The van der Waals surface area contributed by atoms with Gasteiger partial charge in [-0.25, -0.2) is 0 Å². The minimum absolute atomic E-state index is 0.312. The zero-order valence-corrected chi connectivity index (χ0v) is 15.3. The molecule has 0 unspecified atom stereocenters. The van der Waals surface area contributed by atoms with Crippen LogP contribution >= 0.6 is 0 Å². The summed E-state index contributed by atoms with van der Waals surface area (Å²) in [6, 6.07) is 0. The van der Waals surface area contributed by atoms with E-state index in [0.717, 1.165) is 0 Å². The monoisotopic (exact) mass is 364 g/mol. The van der Waals surface area contributed by atoms with Crippen molar-refractivity contribution in [1.29, 1.82) is 0 Å². The molecule has 0 bridgehead atoms. The van der Waals surface area contributed by atoms with E-state index in [0.29, 0.717) is 0 Å². The van der Waals surface area contributed by atoms with Gasteiger partial charge in [-0.15, -0.1) is 0 Å². The van der Waals surface area contributed by atoms with Gasteiger partial charge in [0.1, 0.15) is 36.6 Å². The predicted molar refractivity (Wildman–Crippen MR) is 89.4 cm³/mol. The molecule has 0 saturated heterocycles. The Balaban J connectivity index is -0.000000120. The van der Waals surface area contributed by atoms with Crippen molar-refractivity contribution in [2.24, 2.45) is 0 Å². The molecule has 0 aromatic heterocycles. The Hall–Kier alpha value is -2.58. The van der Waals surface area contributed by atoms with Gasteiger partial charge in [-0.05, 0) is 20.8 Å². The number of carboxylic acids is 3. The molecular weight excluding hydrogens is 336 g/mol. The van der Waals surface area contributed by atoms with E-state index in [-0.39, 0.29) is 36.6 Å². The summed E-state index contributed by atoms with van der Waals surface area (Å²) in [5, 5.41) is 23.6. The van der Waals surface area contributed by atoms with Crippen LogP contribution in [0, 0.1) is 0 Å². The molecule has 0 atom stereocenters. The molecule has 9 heteroatoms. The van der Waals surface area contributed by atoms with Crippen LogP contribution < -0.4 is 0 Å². The average molecular weight is 364 g/mol. The predicted octanol–water partition coefficient (Wildman–Crippen LogP) is 1.96. The third-order valence-corrected chi connectivity index (χ3v) is 1.70. The van der Waals surface area contributed by atoms with Crippen LogP contribution in [0.4, 0.5) is 0 Å². The molecule has 0 fully saturated rings. The minimum atomic E-state index is -1.06. The lowest BCUT2D eigenvalue weighted by molar-refractivity contribution is -0.141. The molecule has 0 amide bonds. The molecule has 0 aliphatic heterocycles. The fourth-order valence-electron chi connectivity index (χ4n) is 0.639. The lowest BCUT2D eigenvalue weighted by Crippen LogP contribution is -2.00. The third kappa shape index (κ3) is 74.4. The van der Waals surface area contributed by atoms with Gasteiger partial charge in [0.25, 0.3) is 0 Å². The van der Waals surface area contributed by atoms with E-state index in [2.05, 4.69) is 13.8 Å². The first-order valence-electron chi connectivity index (χ1n) is 7.43. The molecule has 9 nitrogen and oxygen atoms in total. The maximum absolute atomic E-state index is 9.87. The van der Waals surface area contributed by atoms with Gasteiger partial charge in [-0.3, -0.25) is 28.8 Å². The van der Waals surface area contributed by atoms with Gasteiger partial charge >= 0.3 is 17.9 Å². The molecule has 0 heterocycles. The van der Waals surface area contributed by atoms with Crippen LogP contribution in [0.5, 0.6) is 0 Å². The molecule has 25 heavy (non-hydrogen) atoms. The first-order valence-corrected chi connectivity index (χ1v) is 7.43. The molecule has 0 aromatic rings. The Kier molecular flexibility index (Phi) is 26.0. The molecular formula is C16H28O9. The number of Topliss-reactive ketones (excluding diaryl/α,β-unsaturated/α-hetero) is 3. The number of aliphatic carboxylic acids is 3. The van der Waals surface area contributed by atoms with Crippen molar-refractivity contribution in [3.05, 3.63) is 0 Å². The van der Waals surface area contributed by atoms with E-state index in [1.54, 1.807) is 0 Å². The molecule has 0 aliphatic carbocycles. The molecule has 0 aliphatic rings. The van der Waals surface area contributed by atoms with E-state index in [4.69, 9.17) is 15.3 Å². The minimum Gasteiger partial charge on any atom is -0.481 e. The molecule has 0 rings (SSSR count). The second-order valence-corrected chi connectivity index (χ2v) is 4.82. The number of carbonyl (C=O) groups is 6. The zero-order chi connectivity index (χ0) is 21.0. The van der Waals surface area contributed by atoms with E-state index < -0.39 is 17.9 Å². The number of unbranched alkanes of at least 4 members (excludes halogenated alkanes) is 1. The normalized spacial score (nSPS) is 8.04. The summed E-state index contributed by atoms with van der Waals surface area (Å²) in [7, 11) is 0. The van der Waals surface area contributed by atoms with Crippen molar-refractivity contribution >= 4 is 35.3 Å². The maximum atomic E-state index is 9.87. The third-order valence-electron chi connectivity index (χ3n) is 1.70. The lowest BCUT2D eigenvalue weighted by Gasteiger charge is -1.80. The summed E-state index contributed by atoms with van der Waals surface area (Å²) in [4.78, 5) is 58.4. The van der Waals surface area contributed by atoms with Crippen LogP contribution in [0.25, 0.3) is 0 Å². The Morgan fingerprint density at radius 3 is 0.680 bits per heavy atom. The van der Waals surface area contributed by atoms with E-state index >= 15 is 0 Å². The van der Waals surface area contributed by atoms with E-state index in [9.17, 15) is 28.8 Å². The zero-order valence-electron chi connectivity index (χ0n) is 15.3. The standard InChI is InChI=1S/3C4H6O3.C4H10/c3*1-3(5)2-4(6)7;1-3-4-2/h3*2H2,1H3,(H,6,7);3-4H2,1-2H3. The molecule has 0 saturated carbocycles. The summed E-state index contributed by atoms with van der Waals surface area (Å²) in [5.41, 5.74) is 0. The smallest absolute Gasteiger partial charge is 0.310 e. The highest BCUT2D eigenvalue weighted by molar-refractivity contribution is 5.93. The van der Waals surface area contributed by atoms with Crippen LogP contribution in [-0.2, 0) is 28.8 Å². The number of carboxylic acid groups (broad SMARTS) is 3. The fourth-order valence-corrected chi connectivity index (χ4v) is 0.639. The largest absolute Gasteiger partial charge is 0.481 e. The fraction of sp³-hybridized carbons (Fsp3) is 0.625. The van der Waals surface area contributed by atoms with E-state index in [1.165, 1.54) is 33.6 Å². The van der Waals surface area contributed by atoms with Gasteiger partial charge in [0.2, 0.25) is 0 Å². The van der Waals surface area contributed by atoms with Crippen LogP contribution in [-0.4, -0.2) is 50.6 Å². The van der Waals surface area contributed by atoms with Gasteiger partial charge in [0.05, 0.1) is 0 Å². The van der Waals surface area contributed by atoms with Crippen molar-refractivity contribution in [1.82, 2.24) is 0 Å². The second kappa shape index (κ2) is 21.4. The van der Waals surface area contributed by atoms with Crippen molar-refractivity contribution in [2.45, 2.75) is 66.7 Å². The quantitative estimate of drug-likeness (QED) is 0.573. The van der Waals surface area contributed by atoms with Gasteiger partial charge in [0.15, 0.2) is 0 Å². The van der Waals surface area contributed by atoms with Crippen LogP contribution in [0.15, 0.2) is 0 Å². The van der Waals surface area contributed by atoms with Crippen molar-refractivity contribution in [3.8, 4) is 0 Å². The van der Waals surface area contributed by atoms with Gasteiger partial charge in [-0.1, -0.05) is 26.7 Å². The highest BCUT2D eigenvalue weighted by Crippen LogP contribution is 1.79. The van der Waals surface area contributed by atoms with Gasteiger partial charge in [0, 0.05) is 0 Å². The number of ketones is 3. The topological polar surface area (TPSA) is 163 Å². The van der Waals surface area contributed by atoms with Crippen LogP contribution in [0.1, 0.15) is 66.7 Å². The number of rotatable bonds is 7. The molecule has 146 valence electrons. The first-order chi connectivity index (χ1) is 11.3. The van der Waals surface area contributed by atoms with Crippen molar-refractivity contribution in [2.75, 3.05) is 0 Å². The SMILES string of the molecule is CC(=O)CC(=O)O.CC(=O)CC(=O)O.CC(=O)CC(=O)O.CCCC. The van der Waals surface area contributed by atoms with E-state index in [1.807, 2.05) is 0 Å². The number of hydrogen-bond donors (Lipinski definition) is 3. The van der Waals surface area contributed by atoms with Gasteiger partial charge in [-0.2, -0.15) is 0 Å². The highest BCUT2D eigenvalue weighted by atomic mass is 16.4. The highest BCUT2D eigenvalue weighted by Gasteiger charge is 1.99. The van der Waals surface area contributed by atoms with Crippen LogP contribution in [0.3, 0.4) is 0 Å². The Bertz CT molecular complexity index is 339. The van der Waals surface area contributed by atoms with Gasteiger partial charge < -0.3 is 15.3 Å².